The van der Waals surface area contributed by atoms with Crippen molar-refractivity contribution in [3.8, 4) is 0 Å². The second-order valence-electron chi connectivity index (χ2n) is 4.29. The zero-order chi connectivity index (χ0) is 15.2. The van der Waals surface area contributed by atoms with Crippen molar-refractivity contribution in [2.75, 3.05) is 6.61 Å². The minimum Gasteiger partial charge on any atom is -0.465 e. The number of carbonyl (C=O) groups excluding carboxylic acids is 1. The van der Waals surface area contributed by atoms with Crippen molar-refractivity contribution < 1.29 is 13.9 Å². The Hall–Kier alpha value is -1.43. The van der Waals surface area contributed by atoms with Gasteiger partial charge in [0.1, 0.15) is 11.9 Å². The van der Waals surface area contributed by atoms with E-state index in [2.05, 4.69) is 5.32 Å². The van der Waals surface area contributed by atoms with Gasteiger partial charge in [0.2, 0.25) is 0 Å². The van der Waals surface area contributed by atoms with E-state index in [1.54, 1.807) is 24.3 Å². The van der Waals surface area contributed by atoms with Crippen LogP contribution < -0.4 is 5.32 Å². The Bertz CT molecular complexity index is 604. The minimum absolute atomic E-state index is 0.0141. The molecule has 0 aliphatic heterocycles. The Labute approximate surface area is 131 Å². The fraction of sp³-hybridized carbons (Fsp3) is 0.267. The van der Waals surface area contributed by atoms with Crippen LogP contribution in [0, 0.1) is 5.82 Å². The summed E-state index contributed by atoms with van der Waals surface area (Å²) < 4.78 is 19.2. The second-order valence-corrected chi connectivity index (χ2v) is 5.73. The standard InChI is InChI=1S/C15H15ClFNO2S/c1-2-20-15(19)14(18-9-10-5-4-8-21-10)11-6-3-7-12(16)13(11)17/h3-8,14,18H,2,9H2,1H3. The molecule has 1 atom stereocenters. The largest absolute Gasteiger partial charge is 0.465 e. The lowest BCUT2D eigenvalue weighted by atomic mass is 10.1. The molecule has 112 valence electrons. The lowest BCUT2D eigenvalue weighted by molar-refractivity contribution is -0.146. The molecule has 1 heterocycles. The second kappa shape index (κ2) is 7.54. The molecule has 1 aromatic carbocycles. The fourth-order valence-electron chi connectivity index (χ4n) is 1.91. The first kappa shape index (κ1) is 15.9. The molecule has 0 saturated carbocycles. The van der Waals surface area contributed by atoms with Gasteiger partial charge in [-0.05, 0) is 24.4 Å². The predicted octanol–water partition coefficient (Wildman–Crippen LogP) is 3.93. The first-order valence-electron chi connectivity index (χ1n) is 6.49. The van der Waals surface area contributed by atoms with Crippen molar-refractivity contribution in [2.45, 2.75) is 19.5 Å². The molecule has 1 aromatic heterocycles. The van der Waals surface area contributed by atoms with Crippen LogP contribution in [0.25, 0.3) is 0 Å². The summed E-state index contributed by atoms with van der Waals surface area (Å²) in [6.07, 6.45) is 0. The monoisotopic (exact) mass is 327 g/mol. The number of rotatable bonds is 6. The molecule has 0 bridgehead atoms. The van der Waals surface area contributed by atoms with Crippen molar-refractivity contribution in [3.63, 3.8) is 0 Å². The lowest BCUT2D eigenvalue weighted by Gasteiger charge is -2.18. The van der Waals surface area contributed by atoms with Crippen LogP contribution >= 0.6 is 22.9 Å². The number of hydrogen-bond acceptors (Lipinski definition) is 4. The maximum atomic E-state index is 14.1. The van der Waals surface area contributed by atoms with Crippen molar-refractivity contribution in [1.82, 2.24) is 5.32 Å². The number of nitrogens with one attached hydrogen (secondary N) is 1. The third-order valence-corrected chi connectivity index (χ3v) is 4.04. The summed E-state index contributed by atoms with van der Waals surface area (Å²) in [4.78, 5) is 13.1. The highest BCUT2D eigenvalue weighted by molar-refractivity contribution is 7.09. The molecule has 21 heavy (non-hydrogen) atoms. The van der Waals surface area contributed by atoms with E-state index < -0.39 is 17.8 Å². The molecular formula is C15H15ClFNO2S. The summed E-state index contributed by atoms with van der Waals surface area (Å²) in [5.74, 6) is -1.12. The molecule has 6 heteroatoms. The Morgan fingerprint density at radius 1 is 1.43 bits per heavy atom. The Morgan fingerprint density at radius 2 is 2.24 bits per heavy atom. The van der Waals surface area contributed by atoms with E-state index >= 15 is 0 Å². The van der Waals surface area contributed by atoms with Gasteiger partial charge in [-0.2, -0.15) is 0 Å². The van der Waals surface area contributed by atoms with E-state index in [4.69, 9.17) is 16.3 Å². The van der Waals surface area contributed by atoms with Gasteiger partial charge < -0.3 is 4.74 Å². The molecular weight excluding hydrogens is 313 g/mol. The molecule has 0 saturated heterocycles. The summed E-state index contributed by atoms with van der Waals surface area (Å²) in [5.41, 5.74) is 0.192. The van der Waals surface area contributed by atoms with E-state index in [1.807, 2.05) is 17.5 Å². The van der Waals surface area contributed by atoms with Crippen LogP contribution in [-0.4, -0.2) is 12.6 Å². The van der Waals surface area contributed by atoms with Crippen LogP contribution in [0.2, 0.25) is 5.02 Å². The molecule has 2 rings (SSSR count). The number of thiophene rings is 1. The molecule has 1 unspecified atom stereocenters. The van der Waals surface area contributed by atoms with Gasteiger partial charge in [0.25, 0.3) is 0 Å². The predicted molar refractivity (Wildman–Crippen MR) is 81.9 cm³/mol. The van der Waals surface area contributed by atoms with Gasteiger partial charge in [0, 0.05) is 17.0 Å². The zero-order valence-electron chi connectivity index (χ0n) is 11.4. The summed E-state index contributed by atoms with van der Waals surface area (Å²) in [6, 6.07) is 7.56. The number of hydrogen-bond donors (Lipinski definition) is 1. The van der Waals surface area contributed by atoms with Crippen LogP contribution in [0.15, 0.2) is 35.7 Å². The minimum atomic E-state index is -0.884. The normalized spacial score (nSPS) is 12.1. The van der Waals surface area contributed by atoms with Crippen molar-refractivity contribution in [1.29, 1.82) is 0 Å². The van der Waals surface area contributed by atoms with Gasteiger partial charge in [-0.3, -0.25) is 5.32 Å². The van der Waals surface area contributed by atoms with Gasteiger partial charge in [-0.25, -0.2) is 9.18 Å². The van der Waals surface area contributed by atoms with Crippen LogP contribution in [0.5, 0.6) is 0 Å². The molecule has 1 N–H and O–H groups in total. The summed E-state index contributed by atoms with van der Waals surface area (Å²) >= 11 is 7.34. The molecule has 2 aromatic rings. The van der Waals surface area contributed by atoms with E-state index in [1.165, 1.54) is 12.1 Å². The number of esters is 1. The third-order valence-electron chi connectivity index (χ3n) is 2.88. The molecule has 0 fully saturated rings. The maximum Gasteiger partial charge on any atom is 0.327 e. The van der Waals surface area contributed by atoms with Crippen LogP contribution in [0.4, 0.5) is 4.39 Å². The molecule has 3 nitrogen and oxygen atoms in total. The van der Waals surface area contributed by atoms with Gasteiger partial charge in [0.15, 0.2) is 0 Å². The summed E-state index contributed by atoms with van der Waals surface area (Å²) in [7, 11) is 0. The molecule has 0 aliphatic rings. The third kappa shape index (κ3) is 4.03. The first-order chi connectivity index (χ1) is 10.1. The molecule has 0 amide bonds. The van der Waals surface area contributed by atoms with Crippen molar-refractivity contribution in [3.05, 3.63) is 57.0 Å². The van der Waals surface area contributed by atoms with Gasteiger partial charge >= 0.3 is 5.97 Å². The van der Waals surface area contributed by atoms with E-state index in [9.17, 15) is 9.18 Å². The van der Waals surface area contributed by atoms with Crippen LogP contribution in [-0.2, 0) is 16.1 Å². The van der Waals surface area contributed by atoms with E-state index in [0.29, 0.717) is 6.54 Å². The fourth-order valence-corrected chi connectivity index (χ4v) is 2.74. The van der Waals surface area contributed by atoms with E-state index in [0.717, 1.165) is 4.88 Å². The van der Waals surface area contributed by atoms with Gasteiger partial charge in [-0.1, -0.05) is 29.8 Å². The number of halogens is 2. The quantitative estimate of drug-likeness (QED) is 0.817. The smallest absolute Gasteiger partial charge is 0.327 e. The average Bonchev–Trinajstić information content (AvgIpc) is 2.97. The lowest BCUT2D eigenvalue weighted by Crippen LogP contribution is -2.30. The number of ether oxygens (including phenoxy) is 1. The summed E-state index contributed by atoms with van der Waals surface area (Å²) in [6.45, 7) is 2.40. The number of benzene rings is 1. The summed E-state index contributed by atoms with van der Waals surface area (Å²) in [5, 5.41) is 4.95. The van der Waals surface area contributed by atoms with Gasteiger partial charge in [0.05, 0.1) is 11.6 Å². The Balaban J connectivity index is 2.22. The van der Waals surface area contributed by atoms with Crippen molar-refractivity contribution >= 4 is 28.9 Å². The molecule has 0 radical (unpaired) electrons. The zero-order valence-corrected chi connectivity index (χ0v) is 13.0. The Kier molecular flexibility index (Phi) is 5.73. The number of carbonyl (C=O) groups is 1. The highest BCUT2D eigenvalue weighted by Gasteiger charge is 2.25. The molecule has 0 spiro atoms. The highest BCUT2D eigenvalue weighted by Crippen LogP contribution is 2.25. The van der Waals surface area contributed by atoms with Crippen LogP contribution in [0.1, 0.15) is 23.4 Å². The molecule has 0 aliphatic carbocycles. The maximum absolute atomic E-state index is 14.1. The Morgan fingerprint density at radius 3 is 2.90 bits per heavy atom. The first-order valence-corrected chi connectivity index (χ1v) is 7.75. The van der Waals surface area contributed by atoms with Crippen molar-refractivity contribution in [2.24, 2.45) is 0 Å². The average molecular weight is 328 g/mol. The topological polar surface area (TPSA) is 38.3 Å². The van der Waals surface area contributed by atoms with E-state index in [-0.39, 0.29) is 17.2 Å². The van der Waals surface area contributed by atoms with Crippen LogP contribution in [0.3, 0.4) is 0 Å². The SMILES string of the molecule is CCOC(=O)C(NCc1cccs1)c1cccc(Cl)c1F. The highest BCUT2D eigenvalue weighted by atomic mass is 35.5. The van der Waals surface area contributed by atoms with Gasteiger partial charge in [-0.15, -0.1) is 11.3 Å².